The molecule has 3 N–H and O–H groups in total. The summed E-state index contributed by atoms with van der Waals surface area (Å²) in [5.74, 6) is 0. The fraction of sp³-hybridized carbons (Fsp3) is 0.412. The van der Waals surface area contributed by atoms with Crippen LogP contribution < -0.4 is 5.32 Å². The van der Waals surface area contributed by atoms with Crippen molar-refractivity contribution >= 4 is 6.09 Å². The zero-order chi connectivity index (χ0) is 17.7. The number of alkyl carbamates (subject to hydrolysis) is 1. The molecule has 1 heterocycles. The molecular weight excluding hydrogens is 310 g/mol. The van der Waals surface area contributed by atoms with Gasteiger partial charge in [0.05, 0.1) is 5.69 Å². The van der Waals surface area contributed by atoms with Crippen LogP contribution in [0.5, 0.6) is 0 Å². The number of aliphatic hydroxyl groups excluding tert-OH is 2. The van der Waals surface area contributed by atoms with E-state index in [4.69, 9.17) is 4.74 Å². The standard InChI is InChI=1S/C17H23N3O4/c1-17(2,3)24-16(23)18-11-14(21)15(22)12-5-7-13(8-6-12)20-10-4-9-19-20/h4-10,14-15,21-22H,11H2,1-3H3,(H,18,23). The van der Waals surface area contributed by atoms with Gasteiger partial charge >= 0.3 is 6.09 Å². The van der Waals surface area contributed by atoms with Crippen LogP contribution in [-0.2, 0) is 4.74 Å². The number of aromatic nitrogens is 2. The van der Waals surface area contributed by atoms with Crippen molar-refractivity contribution in [3.05, 3.63) is 48.3 Å². The number of benzene rings is 1. The molecule has 2 rings (SSSR count). The first-order valence-electron chi connectivity index (χ1n) is 7.69. The third-order valence-electron chi connectivity index (χ3n) is 3.22. The number of amides is 1. The minimum Gasteiger partial charge on any atom is -0.444 e. The van der Waals surface area contributed by atoms with Crippen molar-refractivity contribution in [2.75, 3.05) is 6.54 Å². The lowest BCUT2D eigenvalue weighted by atomic mass is 10.0. The first-order chi connectivity index (χ1) is 11.3. The molecule has 1 aromatic heterocycles. The molecule has 1 amide bonds. The van der Waals surface area contributed by atoms with Gasteiger partial charge in [-0.2, -0.15) is 5.10 Å². The molecule has 1 aromatic carbocycles. The molecular formula is C17H23N3O4. The maximum atomic E-state index is 11.6. The molecule has 24 heavy (non-hydrogen) atoms. The molecule has 7 heteroatoms. The van der Waals surface area contributed by atoms with E-state index >= 15 is 0 Å². The average molecular weight is 333 g/mol. The van der Waals surface area contributed by atoms with E-state index in [1.54, 1.807) is 55.9 Å². The van der Waals surface area contributed by atoms with Gasteiger partial charge in [0.25, 0.3) is 0 Å². The van der Waals surface area contributed by atoms with E-state index in [-0.39, 0.29) is 6.54 Å². The molecule has 0 aliphatic rings. The number of nitrogens with one attached hydrogen (secondary N) is 1. The second-order valence-corrected chi connectivity index (χ2v) is 6.44. The third-order valence-corrected chi connectivity index (χ3v) is 3.22. The van der Waals surface area contributed by atoms with Gasteiger partial charge in [-0.15, -0.1) is 0 Å². The highest BCUT2D eigenvalue weighted by Gasteiger charge is 2.21. The van der Waals surface area contributed by atoms with Gasteiger partial charge in [0.1, 0.15) is 17.8 Å². The number of carbonyl (C=O) groups excluding carboxylic acids is 1. The monoisotopic (exact) mass is 333 g/mol. The molecule has 0 bridgehead atoms. The maximum absolute atomic E-state index is 11.6. The summed E-state index contributed by atoms with van der Waals surface area (Å²) in [4.78, 5) is 11.6. The van der Waals surface area contributed by atoms with Gasteiger partial charge in [0.2, 0.25) is 0 Å². The van der Waals surface area contributed by atoms with Crippen molar-refractivity contribution in [1.29, 1.82) is 0 Å². The molecule has 0 saturated carbocycles. The lowest BCUT2D eigenvalue weighted by Crippen LogP contribution is -2.38. The summed E-state index contributed by atoms with van der Waals surface area (Å²) >= 11 is 0. The Balaban J connectivity index is 1.91. The number of hydrogen-bond donors (Lipinski definition) is 3. The topological polar surface area (TPSA) is 96.6 Å². The molecule has 0 saturated heterocycles. The molecule has 7 nitrogen and oxygen atoms in total. The predicted molar refractivity (Wildman–Crippen MR) is 88.8 cm³/mol. The Labute approximate surface area is 140 Å². The Bertz CT molecular complexity index is 647. The molecule has 2 aromatic rings. The minimum atomic E-state index is -1.15. The Hall–Kier alpha value is -2.38. The van der Waals surface area contributed by atoms with Gasteiger partial charge in [-0.1, -0.05) is 12.1 Å². The van der Waals surface area contributed by atoms with E-state index in [2.05, 4.69) is 10.4 Å². The molecule has 2 unspecified atom stereocenters. The second kappa shape index (κ2) is 7.46. The van der Waals surface area contributed by atoms with E-state index in [0.29, 0.717) is 5.56 Å². The predicted octanol–water partition coefficient (Wildman–Crippen LogP) is 1.79. The highest BCUT2D eigenvalue weighted by molar-refractivity contribution is 5.67. The van der Waals surface area contributed by atoms with Crippen LogP contribution in [-0.4, -0.2) is 44.3 Å². The zero-order valence-electron chi connectivity index (χ0n) is 14.0. The Morgan fingerprint density at radius 3 is 2.50 bits per heavy atom. The molecule has 0 radical (unpaired) electrons. The largest absolute Gasteiger partial charge is 0.444 e. The van der Waals surface area contributed by atoms with Gasteiger partial charge in [-0.25, -0.2) is 9.48 Å². The molecule has 2 atom stereocenters. The first kappa shape index (κ1) is 18.0. The summed E-state index contributed by atoms with van der Waals surface area (Å²) in [5.41, 5.74) is 0.775. The molecule has 0 aliphatic carbocycles. The Kier molecular flexibility index (Phi) is 5.58. The van der Waals surface area contributed by atoms with Crippen LogP contribution in [0, 0.1) is 0 Å². The summed E-state index contributed by atoms with van der Waals surface area (Å²) < 4.78 is 6.77. The van der Waals surface area contributed by atoms with Crippen LogP contribution in [0.3, 0.4) is 0 Å². The number of nitrogens with zero attached hydrogens (tertiary/aromatic N) is 2. The van der Waals surface area contributed by atoms with Crippen molar-refractivity contribution in [1.82, 2.24) is 15.1 Å². The average Bonchev–Trinajstić information content (AvgIpc) is 3.05. The number of aliphatic hydroxyl groups is 2. The second-order valence-electron chi connectivity index (χ2n) is 6.44. The fourth-order valence-electron chi connectivity index (χ4n) is 2.08. The van der Waals surface area contributed by atoms with Crippen molar-refractivity contribution in [3.63, 3.8) is 0 Å². The van der Waals surface area contributed by atoms with E-state index in [1.807, 2.05) is 12.3 Å². The van der Waals surface area contributed by atoms with Crippen LogP contribution in [0.25, 0.3) is 5.69 Å². The van der Waals surface area contributed by atoms with Crippen LogP contribution in [0.15, 0.2) is 42.7 Å². The zero-order valence-corrected chi connectivity index (χ0v) is 14.0. The van der Waals surface area contributed by atoms with Crippen LogP contribution in [0.2, 0.25) is 0 Å². The molecule has 130 valence electrons. The highest BCUT2D eigenvalue weighted by atomic mass is 16.6. The normalized spacial score (nSPS) is 14.0. The van der Waals surface area contributed by atoms with Crippen LogP contribution in [0.1, 0.15) is 32.4 Å². The number of ether oxygens (including phenoxy) is 1. The van der Waals surface area contributed by atoms with Crippen molar-refractivity contribution in [2.24, 2.45) is 0 Å². The van der Waals surface area contributed by atoms with Crippen molar-refractivity contribution < 1.29 is 19.7 Å². The SMILES string of the molecule is CC(C)(C)OC(=O)NCC(O)C(O)c1ccc(-n2cccn2)cc1. The van der Waals surface area contributed by atoms with Gasteiger partial charge in [-0.3, -0.25) is 0 Å². The van der Waals surface area contributed by atoms with Gasteiger partial charge in [0, 0.05) is 18.9 Å². The summed E-state index contributed by atoms with van der Waals surface area (Å²) in [5, 5.41) is 26.8. The lowest BCUT2D eigenvalue weighted by molar-refractivity contribution is 0.0129. The van der Waals surface area contributed by atoms with Crippen molar-refractivity contribution in [3.8, 4) is 5.69 Å². The molecule has 0 fully saturated rings. The Morgan fingerprint density at radius 1 is 1.29 bits per heavy atom. The van der Waals surface area contributed by atoms with Crippen LogP contribution >= 0.6 is 0 Å². The van der Waals surface area contributed by atoms with Gasteiger partial charge < -0.3 is 20.3 Å². The smallest absolute Gasteiger partial charge is 0.407 e. The third kappa shape index (κ3) is 5.07. The van der Waals surface area contributed by atoms with Gasteiger partial charge in [0.15, 0.2) is 0 Å². The lowest BCUT2D eigenvalue weighted by Gasteiger charge is -2.22. The summed E-state index contributed by atoms with van der Waals surface area (Å²) in [6, 6.07) is 8.81. The van der Waals surface area contributed by atoms with Crippen molar-refractivity contribution in [2.45, 2.75) is 38.6 Å². The maximum Gasteiger partial charge on any atom is 0.407 e. The van der Waals surface area contributed by atoms with E-state index in [1.165, 1.54) is 0 Å². The number of carbonyl (C=O) groups is 1. The number of hydrogen-bond acceptors (Lipinski definition) is 5. The van der Waals surface area contributed by atoms with Crippen LogP contribution in [0.4, 0.5) is 4.79 Å². The molecule has 0 aliphatic heterocycles. The fourth-order valence-corrected chi connectivity index (χ4v) is 2.08. The summed E-state index contributed by atoms with van der Waals surface area (Å²) in [7, 11) is 0. The van der Waals surface area contributed by atoms with E-state index in [0.717, 1.165) is 5.69 Å². The highest BCUT2D eigenvalue weighted by Crippen LogP contribution is 2.18. The molecule has 0 spiro atoms. The van der Waals surface area contributed by atoms with Gasteiger partial charge in [-0.05, 0) is 44.5 Å². The van der Waals surface area contributed by atoms with E-state index in [9.17, 15) is 15.0 Å². The van der Waals surface area contributed by atoms with E-state index < -0.39 is 23.9 Å². The first-order valence-corrected chi connectivity index (χ1v) is 7.69. The number of rotatable bonds is 5. The Morgan fingerprint density at radius 2 is 1.96 bits per heavy atom. The summed E-state index contributed by atoms with van der Waals surface area (Å²) in [6.45, 7) is 5.13. The minimum absolute atomic E-state index is 0.114. The summed E-state index contributed by atoms with van der Waals surface area (Å²) in [6.07, 6.45) is 0.585. The quantitative estimate of drug-likeness (QED) is 0.775.